The van der Waals surface area contributed by atoms with E-state index in [0.717, 1.165) is 0 Å². The van der Waals surface area contributed by atoms with E-state index in [1.54, 1.807) is 0 Å². The lowest BCUT2D eigenvalue weighted by molar-refractivity contribution is -0.884. The number of nitrogens with one attached hydrogen (secondary N) is 2. The van der Waals surface area contributed by atoms with Gasteiger partial charge in [-0.3, -0.25) is 4.79 Å². The van der Waals surface area contributed by atoms with Gasteiger partial charge in [0.15, 0.2) is 5.78 Å². The van der Waals surface area contributed by atoms with Crippen molar-refractivity contribution in [1.82, 2.24) is 9.97 Å². The first-order valence-electron chi connectivity index (χ1n) is 4.42. The lowest BCUT2D eigenvalue weighted by Gasteiger charge is -2.23. The third-order valence-corrected chi connectivity index (χ3v) is 1.79. The van der Waals surface area contributed by atoms with E-state index in [-0.39, 0.29) is 11.5 Å². The van der Waals surface area contributed by atoms with E-state index < -0.39 is 0 Å². The molecule has 2 N–H and O–H groups in total. The number of imidazole rings is 1. The van der Waals surface area contributed by atoms with Crippen molar-refractivity contribution in [3.8, 4) is 0 Å². The van der Waals surface area contributed by atoms with Crippen LogP contribution < -0.4 is 5.69 Å². The minimum atomic E-state index is -0.321. The van der Waals surface area contributed by atoms with Crippen LogP contribution >= 0.6 is 0 Å². The number of hydrogen-bond acceptors (Lipinski definition) is 2. The molecule has 1 heterocycles. The van der Waals surface area contributed by atoms with Crippen LogP contribution in [0.4, 0.5) is 0 Å². The van der Waals surface area contributed by atoms with Gasteiger partial charge in [-0.1, -0.05) is 0 Å². The van der Waals surface area contributed by atoms with Gasteiger partial charge in [-0.25, -0.2) is 4.79 Å². The molecule has 0 aromatic carbocycles. The molecule has 1 aromatic rings. The van der Waals surface area contributed by atoms with Crippen LogP contribution in [-0.4, -0.2) is 41.4 Å². The zero-order valence-corrected chi connectivity index (χ0v) is 8.97. The fourth-order valence-corrected chi connectivity index (χ4v) is 1.31. The Labute approximate surface area is 82.3 Å². The predicted molar refractivity (Wildman–Crippen MR) is 53.2 cm³/mol. The maximum absolute atomic E-state index is 11.2. The van der Waals surface area contributed by atoms with E-state index in [2.05, 4.69) is 9.97 Å². The molecule has 5 nitrogen and oxygen atoms in total. The summed E-state index contributed by atoms with van der Waals surface area (Å²) in [5, 5.41) is 0. The minimum Gasteiger partial charge on any atom is -0.326 e. The summed E-state index contributed by atoms with van der Waals surface area (Å²) < 4.78 is 0.661. The largest absolute Gasteiger partial charge is 0.326 e. The van der Waals surface area contributed by atoms with Crippen molar-refractivity contribution in [2.45, 2.75) is 13.5 Å². The number of ketones is 1. The molecule has 0 radical (unpaired) electrons. The number of aromatic nitrogens is 2. The van der Waals surface area contributed by atoms with Crippen molar-refractivity contribution < 1.29 is 9.28 Å². The second-order valence-electron chi connectivity index (χ2n) is 4.44. The SMILES string of the molecule is CC(=O)c1[nH]c(=O)[nH]c1C[N+](C)(C)C. The van der Waals surface area contributed by atoms with Gasteiger partial charge in [-0.05, 0) is 0 Å². The molecular weight excluding hydrogens is 182 g/mol. The Morgan fingerprint density at radius 2 is 1.86 bits per heavy atom. The highest BCUT2D eigenvalue weighted by Gasteiger charge is 2.17. The summed E-state index contributed by atoms with van der Waals surface area (Å²) in [6.07, 6.45) is 0. The van der Waals surface area contributed by atoms with Gasteiger partial charge in [0.25, 0.3) is 0 Å². The summed E-state index contributed by atoms with van der Waals surface area (Å²) in [6.45, 7) is 2.06. The van der Waals surface area contributed by atoms with Crippen LogP contribution in [0, 0.1) is 0 Å². The highest BCUT2D eigenvalue weighted by molar-refractivity contribution is 5.93. The zero-order chi connectivity index (χ0) is 10.9. The maximum atomic E-state index is 11.2. The highest BCUT2D eigenvalue weighted by Crippen LogP contribution is 2.07. The Balaban J connectivity index is 3.08. The molecule has 0 saturated heterocycles. The Bertz CT molecular complexity index is 395. The first-order valence-corrected chi connectivity index (χ1v) is 4.42. The lowest BCUT2D eigenvalue weighted by Crippen LogP contribution is -2.34. The van der Waals surface area contributed by atoms with Gasteiger partial charge in [-0.15, -0.1) is 0 Å². The summed E-state index contributed by atoms with van der Waals surface area (Å²) in [5.41, 5.74) is 0.747. The quantitative estimate of drug-likeness (QED) is 0.535. The summed E-state index contributed by atoms with van der Waals surface area (Å²) in [4.78, 5) is 27.3. The molecule has 0 aliphatic rings. The first kappa shape index (κ1) is 10.7. The summed E-state index contributed by atoms with van der Waals surface area (Å²) in [5.74, 6) is -0.119. The molecule has 0 unspecified atom stereocenters. The van der Waals surface area contributed by atoms with Crippen LogP contribution in [0.2, 0.25) is 0 Å². The number of carbonyl (C=O) groups is 1. The van der Waals surface area contributed by atoms with E-state index in [1.807, 2.05) is 21.1 Å². The molecule has 0 amide bonds. The molecule has 1 aromatic heterocycles. The normalized spacial score (nSPS) is 11.7. The summed E-state index contributed by atoms with van der Waals surface area (Å²) in [6, 6.07) is 0. The average molecular weight is 198 g/mol. The van der Waals surface area contributed by atoms with Crippen LogP contribution in [0.1, 0.15) is 23.1 Å². The Morgan fingerprint density at radius 1 is 1.29 bits per heavy atom. The van der Waals surface area contributed by atoms with Crippen LogP contribution in [0.3, 0.4) is 0 Å². The number of nitrogens with zero attached hydrogens (tertiary/aromatic N) is 1. The molecule has 1 rings (SSSR count). The van der Waals surface area contributed by atoms with E-state index in [0.29, 0.717) is 22.4 Å². The van der Waals surface area contributed by atoms with Crippen LogP contribution in [-0.2, 0) is 6.54 Å². The molecule has 14 heavy (non-hydrogen) atoms. The van der Waals surface area contributed by atoms with Gasteiger partial charge in [0, 0.05) is 6.92 Å². The van der Waals surface area contributed by atoms with E-state index in [1.165, 1.54) is 6.92 Å². The first-order chi connectivity index (χ1) is 6.29. The van der Waals surface area contributed by atoms with Gasteiger partial charge in [0.1, 0.15) is 17.9 Å². The van der Waals surface area contributed by atoms with E-state index >= 15 is 0 Å². The number of H-pyrrole nitrogens is 2. The van der Waals surface area contributed by atoms with Gasteiger partial charge in [0.2, 0.25) is 0 Å². The van der Waals surface area contributed by atoms with Crippen LogP contribution in [0.15, 0.2) is 4.79 Å². The van der Waals surface area contributed by atoms with Crippen LogP contribution in [0.25, 0.3) is 0 Å². The molecule has 0 atom stereocenters. The number of aromatic amines is 2. The fourth-order valence-electron chi connectivity index (χ4n) is 1.31. The van der Waals surface area contributed by atoms with Crippen molar-refractivity contribution in [1.29, 1.82) is 0 Å². The number of carbonyl (C=O) groups excluding carboxylic acids is 1. The number of Topliss-reactive ketones (excluding diaryl/α,β-unsaturated/α-hetero) is 1. The smallest absolute Gasteiger partial charge is 0.323 e. The van der Waals surface area contributed by atoms with Crippen molar-refractivity contribution in [3.63, 3.8) is 0 Å². The highest BCUT2D eigenvalue weighted by atomic mass is 16.1. The standard InChI is InChI=1S/C9H15N3O2/c1-6(13)8-7(5-12(2,3)4)10-9(14)11-8/h5H2,1-4H3,(H-,10,11,13,14)/p+1. The second-order valence-corrected chi connectivity index (χ2v) is 4.44. The van der Waals surface area contributed by atoms with Crippen molar-refractivity contribution in [3.05, 3.63) is 21.9 Å². The van der Waals surface area contributed by atoms with Gasteiger partial charge in [0.05, 0.1) is 21.1 Å². The van der Waals surface area contributed by atoms with Gasteiger partial charge in [-0.2, -0.15) is 0 Å². The maximum Gasteiger partial charge on any atom is 0.323 e. The number of quaternary nitrogens is 1. The van der Waals surface area contributed by atoms with Crippen molar-refractivity contribution >= 4 is 5.78 Å². The molecule has 5 heteroatoms. The Morgan fingerprint density at radius 3 is 2.29 bits per heavy atom. The lowest BCUT2D eigenvalue weighted by atomic mass is 10.2. The predicted octanol–water partition coefficient (Wildman–Crippen LogP) is 0.112. The third kappa shape index (κ3) is 2.56. The Kier molecular flexibility index (Phi) is 2.62. The molecule has 0 aliphatic carbocycles. The topological polar surface area (TPSA) is 65.7 Å². The molecule has 0 fully saturated rings. The molecule has 78 valence electrons. The molecular formula is C9H16N3O2+. The third-order valence-electron chi connectivity index (χ3n) is 1.79. The average Bonchev–Trinajstić information content (AvgIpc) is 2.27. The summed E-state index contributed by atoms with van der Waals surface area (Å²) in [7, 11) is 5.99. The minimum absolute atomic E-state index is 0.119. The summed E-state index contributed by atoms with van der Waals surface area (Å²) >= 11 is 0. The molecule has 0 saturated carbocycles. The van der Waals surface area contributed by atoms with Crippen molar-refractivity contribution in [2.75, 3.05) is 21.1 Å². The fraction of sp³-hybridized carbons (Fsp3) is 0.556. The molecule has 0 aliphatic heterocycles. The van der Waals surface area contributed by atoms with Crippen LogP contribution in [0.5, 0.6) is 0 Å². The zero-order valence-electron chi connectivity index (χ0n) is 8.97. The number of hydrogen-bond donors (Lipinski definition) is 2. The van der Waals surface area contributed by atoms with Gasteiger partial charge >= 0.3 is 5.69 Å². The number of rotatable bonds is 3. The van der Waals surface area contributed by atoms with Crippen molar-refractivity contribution in [2.24, 2.45) is 0 Å². The Hall–Kier alpha value is -1.36. The van der Waals surface area contributed by atoms with E-state index in [4.69, 9.17) is 0 Å². The molecule has 0 bridgehead atoms. The monoisotopic (exact) mass is 198 g/mol. The van der Waals surface area contributed by atoms with Gasteiger partial charge < -0.3 is 14.5 Å². The second kappa shape index (κ2) is 3.42. The van der Waals surface area contributed by atoms with E-state index in [9.17, 15) is 9.59 Å². The molecule has 0 spiro atoms.